The molecule has 1 fully saturated rings. The lowest BCUT2D eigenvalue weighted by Crippen LogP contribution is -2.38. The first-order chi connectivity index (χ1) is 7.19. The summed E-state index contributed by atoms with van der Waals surface area (Å²) >= 11 is 0. The van der Waals surface area contributed by atoms with E-state index in [0.29, 0.717) is 0 Å². The molecule has 1 heterocycles. The summed E-state index contributed by atoms with van der Waals surface area (Å²) in [6.45, 7) is 4.05. The Labute approximate surface area is 90.8 Å². The predicted molar refractivity (Wildman–Crippen MR) is 58.5 cm³/mol. The molecule has 0 aromatic heterocycles. The molecule has 1 rings (SSSR count). The Kier molecular flexibility index (Phi) is 4.56. The minimum atomic E-state index is -0.311. The molecule has 0 radical (unpaired) electrons. The molecule has 1 aliphatic rings. The van der Waals surface area contributed by atoms with E-state index in [2.05, 4.69) is 17.7 Å². The van der Waals surface area contributed by atoms with Gasteiger partial charge in [0.25, 0.3) is 0 Å². The van der Waals surface area contributed by atoms with Crippen LogP contribution < -0.4 is 0 Å². The van der Waals surface area contributed by atoms with Crippen molar-refractivity contribution in [2.75, 3.05) is 7.11 Å². The van der Waals surface area contributed by atoms with Gasteiger partial charge in [-0.05, 0) is 18.9 Å². The average Bonchev–Trinajstić information content (AvgIpc) is 2.24. The Morgan fingerprint density at radius 2 is 2.33 bits per heavy atom. The second-order valence-corrected chi connectivity index (χ2v) is 3.58. The van der Waals surface area contributed by atoms with E-state index in [4.69, 9.17) is 4.74 Å². The van der Waals surface area contributed by atoms with Gasteiger partial charge in [-0.25, -0.2) is 4.79 Å². The van der Waals surface area contributed by atoms with Crippen molar-refractivity contribution in [1.82, 2.24) is 0 Å². The lowest BCUT2D eigenvalue weighted by Gasteiger charge is -2.35. The summed E-state index contributed by atoms with van der Waals surface area (Å²) in [6.07, 6.45) is 7.76. The summed E-state index contributed by atoms with van der Waals surface area (Å²) in [6, 6.07) is 0. The molecule has 0 unspecified atom stereocenters. The standard InChI is InChI=1S/C12H18O3/c1-4-5-6-7-11-10(9(2)15-11)8-12(13)14-3/h6-9,11H,4-5H2,1-3H3/b7-6+,10-8-/t9-,11-/m1/s1. The van der Waals surface area contributed by atoms with Gasteiger partial charge in [-0.1, -0.05) is 25.5 Å². The molecule has 15 heavy (non-hydrogen) atoms. The Morgan fingerprint density at radius 1 is 1.60 bits per heavy atom. The van der Waals surface area contributed by atoms with Crippen LogP contribution in [-0.2, 0) is 14.3 Å². The number of methoxy groups -OCH3 is 1. The highest BCUT2D eigenvalue weighted by atomic mass is 16.5. The Bertz CT molecular complexity index is 279. The summed E-state index contributed by atoms with van der Waals surface area (Å²) in [5, 5.41) is 0. The number of rotatable bonds is 4. The molecule has 2 atom stereocenters. The molecule has 1 saturated heterocycles. The van der Waals surface area contributed by atoms with E-state index in [1.165, 1.54) is 13.2 Å². The van der Waals surface area contributed by atoms with Crippen LogP contribution in [0.4, 0.5) is 0 Å². The second kappa shape index (κ2) is 5.71. The van der Waals surface area contributed by atoms with Crippen molar-refractivity contribution in [2.45, 2.75) is 38.9 Å². The lowest BCUT2D eigenvalue weighted by molar-refractivity contribution is -0.135. The molecule has 3 heteroatoms. The number of esters is 1. The van der Waals surface area contributed by atoms with Gasteiger partial charge in [0.1, 0.15) is 6.10 Å². The molecule has 0 amide bonds. The van der Waals surface area contributed by atoms with Crippen molar-refractivity contribution in [3.63, 3.8) is 0 Å². The quantitative estimate of drug-likeness (QED) is 0.405. The van der Waals surface area contributed by atoms with Crippen molar-refractivity contribution in [1.29, 1.82) is 0 Å². The van der Waals surface area contributed by atoms with Crippen molar-refractivity contribution in [3.05, 3.63) is 23.8 Å². The molecule has 0 aromatic rings. The van der Waals surface area contributed by atoms with Crippen molar-refractivity contribution < 1.29 is 14.3 Å². The smallest absolute Gasteiger partial charge is 0.330 e. The van der Waals surface area contributed by atoms with Gasteiger partial charge in [-0.2, -0.15) is 0 Å². The van der Waals surface area contributed by atoms with Gasteiger partial charge in [-0.3, -0.25) is 0 Å². The molecule has 3 nitrogen and oxygen atoms in total. The molecule has 0 N–H and O–H groups in total. The zero-order chi connectivity index (χ0) is 11.3. The van der Waals surface area contributed by atoms with Crippen LogP contribution >= 0.6 is 0 Å². The fourth-order valence-corrected chi connectivity index (χ4v) is 1.47. The topological polar surface area (TPSA) is 35.5 Å². The van der Waals surface area contributed by atoms with Crippen LogP contribution in [0.2, 0.25) is 0 Å². The van der Waals surface area contributed by atoms with Crippen LogP contribution in [0.25, 0.3) is 0 Å². The highest BCUT2D eigenvalue weighted by Gasteiger charge is 2.31. The zero-order valence-electron chi connectivity index (χ0n) is 9.53. The fourth-order valence-electron chi connectivity index (χ4n) is 1.47. The molecular weight excluding hydrogens is 192 g/mol. The molecule has 0 aromatic carbocycles. The number of unbranched alkanes of at least 4 members (excludes halogenated alkanes) is 1. The predicted octanol–water partition coefficient (Wildman–Crippen LogP) is 2.23. The van der Waals surface area contributed by atoms with Gasteiger partial charge in [0.15, 0.2) is 0 Å². The van der Waals surface area contributed by atoms with E-state index in [1.54, 1.807) is 0 Å². The fraction of sp³-hybridized carbons (Fsp3) is 0.583. The number of hydrogen-bond acceptors (Lipinski definition) is 3. The summed E-state index contributed by atoms with van der Waals surface area (Å²) < 4.78 is 10.1. The maximum absolute atomic E-state index is 11.1. The highest BCUT2D eigenvalue weighted by molar-refractivity contribution is 5.83. The van der Waals surface area contributed by atoms with Gasteiger partial charge in [0, 0.05) is 6.08 Å². The first kappa shape index (κ1) is 12.0. The molecule has 0 spiro atoms. The summed E-state index contributed by atoms with van der Waals surface area (Å²) in [5.74, 6) is -0.311. The monoisotopic (exact) mass is 210 g/mol. The molecule has 0 bridgehead atoms. The molecule has 1 aliphatic heterocycles. The highest BCUT2D eigenvalue weighted by Crippen LogP contribution is 2.28. The summed E-state index contributed by atoms with van der Waals surface area (Å²) in [7, 11) is 1.38. The maximum atomic E-state index is 11.1. The van der Waals surface area contributed by atoms with E-state index >= 15 is 0 Å². The van der Waals surface area contributed by atoms with Crippen LogP contribution in [0.3, 0.4) is 0 Å². The zero-order valence-corrected chi connectivity index (χ0v) is 9.53. The van der Waals surface area contributed by atoms with Crippen molar-refractivity contribution >= 4 is 5.97 Å². The largest absolute Gasteiger partial charge is 0.466 e. The molecule has 0 saturated carbocycles. The summed E-state index contributed by atoms with van der Waals surface area (Å²) in [4.78, 5) is 11.1. The van der Waals surface area contributed by atoms with E-state index in [0.717, 1.165) is 18.4 Å². The van der Waals surface area contributed by atoms with E-state index in [1.807, 2.05) is 13.0 Å². The third kappa shape index (κ3) is 3.20. The second-order valence-electron chi connectivity index (χ2n) is 3.58. The van der Waals surface area contributed by atoms with Crippen molar-refractivity contribution in [3.8, 4) is 0 Å². The van der Waals surface area contributed by atoms with Gasteiger partial charge in [-0.15, -0.1) is 0 Å². The number of carbonyl (C=O) groups is 1. The SMILES string of the molecule is CCC/C=C/[C@H]1O[C@H](C)/C1=C/C(=O)OC. The van der Waals surface area contributed by atoms with Crippen molar-refractivity contribution in [2.24, 2.45) is 0 Å². The van der Waals surface area contributed by atoms with E-state index in [-0.39, 0.29) is 18.2 Å². The normalized spacial score (nSPS) is 28.1. The van der Waals surface area contributed by atoms with Gasteiger partial charge in [0.2, 0.25) is 0 Å². The van der Waals surface area contributed by atoms with E-state index < -0.39 is 0 Å². The number of allylic oxidation sites excluding steroid dienone is 1. The summed E-state index contributed by atoms with van der Waals surface area (Å²) in [5.41, 5.74) is 0.995. The Morgan fingerprint density at radius 3 is 2.87 bits per heavy atom. The van der Waals surface area contributed by atoms with Crippen LogP contribution in [0.15, 0.2) is 23.8 Å². The van der Waals surface area contributed by atoms with Gasteiger partial charge >= 0.3 is 5.97 Å². The third-order valence-electron chi connectivity index (χ3n) is 2.40. The minimum Gasteiger partial charge on any atom is -0.466 e. The molecule has 84 valence electrons. The van der Waals surface area contributed by atoms with Gasteiger partial charge < -0.3 is 9.47 Å². The first-order valence-electron chi connectivity index (χ1n) is 5.30. The number of ether oxygens (including phenoxy) is 2. The van der Waals surface area contributed by atoms with E-state index in [9.17, 15) is 4.79 Å². The number of carbonyl (C=O) groups excluding carboxylic acids is 1. The first-order valence-corrected chi connectivity index (χ1v) is 5.30. The van der Waals surface area contributed by atoms with Crippen LogP contribution in [0.1, 0.15) is 26.7 Å². The van der Waals surface area contributed by atoms with Gasteiger partial charge in [0.05, 0.1) is 13.2 Å². The Balaban J connectivity index is 2.54. The lowest BCUT2D eigenvalue weighted by atomic mass is 9.97. The average molecular weight is 210 g/mol. The Hall–Kier alpha value is -1.09. The van der Waals surface area contributed by atoms with Crippen LogP contribution in [-0.4, -0.2) is 25.3 Å². The maximum Gasteiger partial charge on any atom is 0.330 e. The number of hydrogen-bond donors (Lipinski definition) is 0. The van der Waals surface area contributed by atoms with Crippen LogP contribution in [0, 0.1) is 0 Å². The minimum absolute atomic E-state index is 0.0281. The molecular formula is C12H18O3. The molecule has 0 aliphatic carbocycles. The van der Waals surface area contributed by atoms with Crippen LogP contribution in [0.5, 0.6) is 0 Å². The third-order valence-corrected chi connectivity index (χ3v) is 2.40.